The van der Waals surface area contributed by atoms with Crippen LogP contribution in [0.1, 0.15) is 38.2 Å². The molecule has 1 aliphatic heterocycles. The Balaban J connectivity index is 2.10. The van der Waals surface area contributed by atoms with Crippen molar-refractivity contribution in [3.63, 3.8) is 0 Å². The second-order valence-electron chi connectivity index (χ2n) is 5.11. The fraction of sp³-hybridized carbons (Fsp3) is 0.471. The number of hydrogen-bond donors (Lipinski definition) is 0. The molecule has 1 aromatic rings. The molecule has 0 radical (unpaired) electrons. The summed E-state index contributed by atoms with van der Waals surface area (Å²) in [6.45, 7) is 4.15. The molecule has 108 valence electrons. The molecule has 3 nitrogen and oxygen atoms in total. The summed E-state index contributed by atoms with van der Waals surface area (Å²) in [6, 6.07) is 10.4. The number of hydrogen-bond acceptors (Lipinski definition) is 3. The molecular weight excluding hydrogens is 250 g/mol. The summed E-state index contributed by atoms with van der Waals surface area (Å²) in [4.78, 5) is 14.0. The van der Waals surface area contributed by atoms with Crippen molar-refractivity contribution in [2.45, 2.75) is 39.2 Å². The van der Waals surface area contributed by atoms with Crippen LogP contribution in [0, 0.1) is 0 Å². The van der Waals surface area contributed by atoms with Crippen molar-refractivity contribution in [2.24, 2.45) is 0 Å². The minimum absolute atomic E-state index is 0.220. The Bertz CT molecular complexity index is 453. The smallest absolute Gasteiger partial charge is 0.332 e. The first-order valence-electron chi connectivity index (χ1n) is 7.46. The lowest BCUT2D eigenvalue weighted by Crippen LogP contribution is -2.23. The quantitative estimate of drug-likeness (QED) is 0.621. The summed E-state index contributed by atoms with van der Waals surface area (Å²) in [5.41, 5.74) is 2.40. The van der Waals surface area contributed by atoms with Crippen molar-refractivity contribution in [3.05, 3.63) is 47.7 Å². The zero-order valence-corrected chi connectivity index (χ0v) is 12.2. The van der Waals surface area contributed by atoms with E-state index in [1.54, 1.807) is 6.08 Å². The first-order chi connectivity index (χ1) is 9.79. The maximum Gasteiger partial charge on any atom is 0.332 e. The predicted molar refractivity (Wildman–Crippen MR) is 80.0 cm³/mol. The fourth-order valence-electron chi connectivity index (χ4n) is 2.56. The second-order valence-corrected chi connectivity index (χ2v) is 5.11. The fourth-order valence-corrected chi connectivity index (χ4v) is 2.56. The van der Waals surface area contributed by atoms with E-state index in [-0.39, 0.29) is 5.97 Å². The van der Waals surface area contributed by atoms with Crippen LogP contribution in [0.2, 0.25) is 0 Å². The molecule has 3 heteroatoms. The van der Waals surface area contributed by atoms with Gasteiger partial charge in [-0.15, -0.1) is 0 Å². The number of carbonyl (C=O) groups is 1. The number of rotatable bonds is 4. The van der Waals surface area contributed by atoms with Crippen LogP contribution in [0.25, 0.3) is 0 Å². The van der Waals surface area contributed by atoms with E-state index < -0.39 is 0 Å². The van der Waals surface area contributed by atoms with Gasteiger partial charge in [-0.1, -0.05) is 36.8 Å². The first kappa shape index (κ1) is 14.6. The Morgan fingerprint density at radius 2 is 2.05 bits per heavy atom. The van der Waals surface area contributed by atoms with Gasteiger partial charge in [-0.3, -0.25) is 0 Å². The van der Waals surface area contributed by atoms with Gasteiger partial charge < -0.3 is 9.64 Å². The van der Waals surface area contributed by atoms with Crippen molar-refractivity contribution < 1.29 is 9.53 Å². The van der Waals surface area contributed by atoms with E-state index >= 15 is 0 Å². The van der Waals surface area contributed by atoms with Crippen molar-refractivity contribution in [2.75, 3.05) is 13.2 Å². The van der Waals surface area contributed by atoms with Gasteiger partial charge in [-0.05, 0) is 31.7 Å². The summed E-state index contributed by atoms with van der Waals surface area (Å²) >= 11 is 0. The van der Waals surface area contributed by atoms with E-state index in [4.69, 9.17) is 4.74 Å². The highest BCUT2D eigenvalue weighted by Crippen LogP contribution is 2.22. The molecule has 1 aliphatic rings. The summed E-state index contributed by atoms with van der Waals surface area (Å²) in [7, 11) is 0. The average molecular weight is 273 g/mol. The molecule has 1 heterocycles. The Hall–Kier alpha value is -1.77. The van der Waals surface area contributed by atoms with Crippen LogP contribution >= 0.6 is 0 Å². The van der Waals surface area contributed by atoms with Gasteiger partial charge in [0.25, 0.3) is 0 Å². The highest BCUT2D eigenvalue weighted by atomic mass is 16.5. The zero-order valence-electron chi connectivity index (χ0n) is 12.2. The SMILES string of the molecule is CCOC(=O)/C=C1\CCCCCN1Cc1ccccc1. The molecule has 0 aromatic heterocycles. The van der Waals surface area contributed by atoms with Gasteiger partial charge in [-0.2, -0.15) is 0 Å². The normalized spacial score (nSPS) is 17.9. The maximum absolute atomic E-state index is 11.7. The van der Waals surface area contributed by atoms with Crippen LogP contribution in [0.15, 0.2) is 42.1 Å². The summed E-state index contributed by atoms with van der Waals surface area (Å²) in [5.74, 6) is -0.220. The van der Waals surface area contributed by atoms with Gasteiger partial charge >= 0.3 is 5.97 Å². The third kappa shape index (κ3) is 4.41. The van der Waals surface area contributed by atoms with E-state index in [1.165, 1.54) is 18.4 Å². The molecule has 0 unspecified atom stereocenters. The number of esters is 1. The number of ether oxygens (including phenoxy) is 1. The molecule has 0 amide bonds. The lowest BCUT2D eigenvalue weighted by atomic mass is 10.1. The molecule has 1 aromatic carbocycles. The van der Waals surface area contributed by atoms with Crippen LogP contribution < -0.4 is 0 Å². The highest BCUT2D eigenvalue weighted by Gasteiger charge is 2.15. The molecule has 0 N–H and O–H groups in total. The third-order valence-electron chi connectivity index (χ3n) is 3.55. The maximum atomic E-state index is 11.7. The Morgan fingerprint density at radius 3 is 2.80 bits per heavy atom. The average Bonchev–Trinajstić information content (AvgIpc) is 2.66. The van der Waals surface area contributed by atoms with Crippen LogP contribution in [-0.2, 0) is 16.1 Å². The van der Waals surface area contributed by atoms with E-state index in [1.807, 2.05) is 13.0 Å². The zero-order chi connectivity index (χ0) is 14.2. The Labute approximate surface area is 121 Å². The molecule has 0 saturated carbocycles. The van der Waals surface area contributed by atoms with Gasteiger partial charge in [-0.25, -0.2) is 4.79 Å². The van der Waals surface area contributed by atoms with Crippen LogP contribution in [0.5, 0.6) is 0 Å². The van der Waals surface area contributed by atoms with E-state index in [0.29, 0.717) is 6.61 Å². The van der Waals surface area contributed by atoms with Gasteiger partial charge in [0, 0.05) is 24.9 Å². The predicted octanol–water partition coefficient (Wildman–Crippen LogP) is 3.51. The molecule has 2 rings (SSSR count). The molecule has 1 fully saturated rings. The summed E-state index contributed by atoms with van der Waals surface area (Å²) in [5, 5.41) is 0. The topological polar surface area (TPSA) is 29.5 Å². The summed E-state index contributed by atoms with van der Waals surface area (Å²) < 4.78 is 5.04. The van der Waals surface area contributed by atoms with Gasteiger partial charge in [0.1, 0.15) is 0 Å². The monoisotopic (exact) mass is 273 g/mol. The van der Waals surface area contributed by atoms with Crippen molar-refractivity contribution >= 4 is 5.97 Å². The van der Waals surface area contributed by atoms with Crippen LogP contribution in [-0.4, -0.2) is 24.0 Å². The Kier molecular flexibility index (Phi) is 5.66. The van der Waals surface area contributed by atoms with Gasteiger partial charge in [0.15, 0.2) is 0 Å². The molecule has 1 saturated heterocycles. The van der Waals surface area contributed by atoms with Crippen molar-refractivity contribution in [1.82, 2.24) is 4.90 Å². The van der Waals surface area contributed by atoms with Gasteiger partial charge in [0.05, 0.1) is 6.61 Å². The highest BCUT2D eigenvalue weighted by molar-refractivity contribution is 5.82. The van der Waals surface area contributed by atoms with E-state index in [2.05, 4.69) is 29.2 Å². The summed E-state index contributed by atoms with van der Waals surface area (Å²) in [6.07, 6.45) is 6.21. The number of benzene rings is 1. The number of allylic oxidation sites excluding steroid dienone is 1. The van der Waals surface area contributed by atoms with Gasteiger partial charge in [0.2, 0.25) is 0 Å². The number of likely N-dealkylation sites (tertiary alicyclic amines) is 1. The largest absolute Gasteiger partial charge is 0.463 e. The first-order valence-corrected chi connectivity index (χ1v) is 7.46. The Morgan fingerprint density at radius 1 is 1.25 bits per heavy atom. The molecule has 0 atom stereocenters. The molecule has 0 aliphatic carbocycles. The number of carbonyl (C=O) groups excluding carboxylic acids is 1. The lowest BCUT2D eigenvalue weighted by Gasteiger charge is -2.25. The standard InChI is InChI=1S/C17H23NO2/c1-2-20-17(19)13-16-11-7-4-8-12-18(16)14-15-9-5-3-6-10-15/h3,5-6,9-10,13H,2,4,7-8,11-12,14H2,1H3/b16-13+. The van der Waals surface area contributed by atoms with Crippen molar-refractivity contribution in [3.8, 4) is 0 Å². The molecule has 0 spiro atoms. The lowest BCUT2D eigenvalue weighted by molar-refractivity contribution is -0.137. The van der Waals surface area contributed by atoms with E-state index in [0.717, 1.165) is 31.6 Å². The van der Waals surface area contributed by atoms with Crippen LogP contribution in [0.3, 0.4) is 0 Å². The van der Waals surface area contributed by atoms with Crippen LogP contribution in [0.4, 0.5) is 0 Å². The molecule has 0 bridgehead atoms. The van der Waals surface area contributed by atoms with E-state index in [9.17, 15) is 4.79 Å². The second kappa shape index (κ2) is 7.73. The molecule has 20 heavy (non-hydrogen) atoms. The van der Waals surface area contributed by atoms with Crippen molar-refractivity contribution in [1.29, 1.82) is 0 Å². The number of nitrogens with zero attached hydrogens (tertiary/aromatic N) is 1. The molecular formula is C17H23NO2. The third-order valence-corrected chi connectivity index (χ3v) is 3.55. The minimum Gasteiger partial charge on any atom is -0.463 e. The minimum atomic E-state index is -0.220.